The summed E-state index contributed by atoms with van der Waals surface area (Å²) in [7, 11) is 0. The number of hydrogen-bond acceptors (Lipinski definition) is 13. The Morgan fingerprint density at radius 1 is 0.639 bits per heavy atom. The lowest BCUT2D eigenvalue weighted by atomic mass is 9.86. The van der Waals surface area contributed by atoms with Gasteiger partial charge >= 0.3 is 0 Å². The zero-order chi connectivity index (χ0) is 57.7. The quantitative estimate of drug-likeness (QED) is 0.0660. The van der Waals surface area contributed by atoms with Crippen LogP contribution >= 0.6 is 12.4 Å². The standard InChI is InChI=1S/C25H23FN8O2.C25H22FN5O2.C11H12N2.ClH/c1-14-9-15(5-8-19(14)26)12-27-24(35)21-11-22(29-13-28-21)25(36)30-20-4-2-3-16-10-17(6-7-18(16)20)23-31-33-34-32-23;1-15-9-17(6-8-20(15)26)13-28-24(32)22-11-23(30-14-29-22)25(33)31-21-4-2-3-18-10-16(12-27)5-7-19(18)21;1-13-9-5-6-10-8(7-9)3-2-4-11(10)12;/h5-11,13,20H,2-4,12H2,1H3,(H,27,35)(H,30,36)(H,31,32,33,34);5-11,14,21H,2-4,13H2,1H3,(H,28,32)(H,31,33);5-7,11H,2-4,12H2;1H. The van der Waals surface area contributed by atoms with E-state index in [1.165, 1.54) is 48.0 Å². The number of tetrazole rings is 1. The fraction of sp³-hybridized carbons (Fsp3) is 0.262. The topological polar surface area (TPSA) is 277 Å². The average molecular weight is 1140 g/mol. The van der Waals surface area contributed by atoms with E-state index < -0.39 is 17.7 Å². The number of carbonyl (C=O) groups excluding carboxylic acids is 4. The molecule has 19 nitrogen and oxygen atoms in total. The van der Waals surface area contributed by atoms with Gasteiger partial charge in [0, 0.05) is 36.8 Å². The van der Waals surface area contributed by atoms with Crippen LogP contribution in [0.15, 0.2) is 116 Å². The minimum Gasteiger partial charge on any atom is -0.347 e. The summed E-state index contributed by atoms with van der Waals surface area (Å²) in [6, 6.07) is 31.2. The number of nitrogens with two attached hydrogens (primary N) is 1. The van der Waals surface area contributed by atoms with E-state index in [9.17, 15) is 28.0 Å². The monoisotopic (exact) mass is 1140 g/mol. The van der Waals surface area contributed by atoms with E-state index in [2.05, 4.69) is 72.7 Å². The minimum absolute atomic E-state index is 0. The average Bonchev–Trinajstić information content (AvgIpc) is 4.21. The van der Waals surface area contributed by atoms with Gasteiger partial charge in [-0.1, -0.05) is 66.2 Å². The predicted octanol–water partition coefficient (Wildman–Crippen LogP) is 9.37. The number of nitriles is 1. The summed E-state index contributed by atoms with van der Waals surface area (Å²) in [5.41, 5.74) is 17.7. The number of hydrogen-bond donors (Lipinski definition) is 6. The Labute approximate surface area is 483 Å². The van der Waals surface area contributed by atoms with Crippen LogP contribution in [-0.4, -0.2) is 64.2 Å². The molecular weight excluding hydrogens is 1080 g/mol. The van der Waals surface area contributed by atoms with E-state index in [1.807, 2.05) is 48.5 Å². The van der Waals surface area contributed by atoms with E-state index >= 15 is 0 Å². The number of halogens is 3. The number of nitrogens with zero attached hydrogens (tertiary/aromatic N) is 9. The fourth-order valence-electron chi connectivity index (χ4n) is 10.2. The molecule has 0 spiro atoms. The van der Waals surface area contributed by atoms with Crippen LogP contribution in [0, 0.1) is 43.4 Å². The number of fused-ring (bicyclic) bond motifs is 3. The minimum atomic E-state index is -0.458. The normalized spacial score (nSPS) is 15.4. The van der Waals surface area contributed by atoms with Crippen molar-refractivity contribution in [3.05, 3.63) is 223 Å². The molecule has 0 fully saturated rings. The van der Waals surface area contributed by atoms with Crippen molar-refractivity contribution < 1.29 is 28.0 Å². The smallest absolute Gasteiger partial charge is 0.270 e. The molecule has 0 radical (unpaired) electrons. The molecule has 0 bridgehead atoms. The Balaban J connectivity index is 0.000000177. The highest BCUT2D eigenvalue weighted by Crippen LogP contribution is 2.34. The second-order valence-corrected chi connectivity index (χ2v) is 20.1. The Morgan fingerprint density at radius 3 is 1.64 bits per heavy atom. The van der Waals surface area contributed by atoms with Crippen molar-refractivity contribution >= 4 is 41.7 Å². The van der Waals surface area contributed by atoms with E-state index in [0.29, 0.717) is 22.5 Å². The maximum absolute atomic E-state index is 13.5. The zero-order valence-corrected chi connectivity index (χ0v) is 46.2. The molecule has 11 rings (SSSR count). The summed E-state index contributed by atoms with van der Waals surface area (Å²) in [5.74, 6) is -1.79. The Bertz CT molecular complexity index is 3770. The van der Waals surface area contributed by atoms with E-state index in [0.717, 1.165) is 102 Å². The number of aryl methyl sites for hydroxylation is 5. The molecular formula is C61H58ClF2N15O4. The van der Waals surface area contributed by atoms with Gasteiger partial charge in [-0.05, 0) is 157 Å². The molecule has 3 aromatic heterocycles. The molecule has 0 aliphatic heterocycles. The highest BCUT2D eigenvalue weighted by atomic mass is 35.5. The molecule has 3 heterocycles. The van der Waals surface area contributed by atoms with Gasteiger partial charge in [-0.3, -0.25) is 19.2 Å². The third kappa shape index (κ3) is 15.0. The molecule has 3 unspecified atom stereocenters. The SMILES string of the molecule is Cc1cc(CNC(=O)c2cc(C(=O)NC3CCCc4cc(-c5nn[nH]n5)ccc43)ncn2)ccc1F.Cc1cc(CNC(=O)c2cc(C(=O)NC3CCCc4cc(C#N)ccc43)ncn2)ccc1F.Cl.[C-]#[N+]c1ccc2c(c1)CCCC2N. The molecule has 83 heavy (non-hydrogen) atoms. The molecule has 22 heteroatoms. The molecule has 7 N–H and O–H groups in total. The van der Waals surface area contributed by atoms with Crippen molar-refractivity contribution in [2.45, 2.75) is 103 Å². The van der Waals surface area contributed by atoms with E-state index in [-0.39, 0.29) is 83.9 Å². The number of benzene rings is 5. The van der Waals surface area contributed by atoms with Crippen molar-refractivity contribution in [2.24, 2.45) is 5.73 Å². The van der Waals surface area contributed by atoms with Gasteiger partial charge in [-0.15, -0.1) is 22.6 Å². The zero-order valence-electron chi connectivity index (χ0n) is 45.4. The van der Waals surface area contributed by atoms with Crippen molar-refractivity contribution in [1.29, 1.82) is 5.26 Å². The fourth-order valence-corrected chi connectivity index (χ4v) is 10.2. The Kier molecular flexibility index (Phi) is 19.8. The van der Waals surface area contributed by atoms with Gasteiger partial charge in [0.1, 0.15) is 47.1 Å². The van der Waals surface area contributed by atoms with Gasteiger partial charge in [0.25, 0.3) is 23.6 Å². The van der Waals surface area contributed by atoms with Crippen LogP contribution in [0.2, 0.25) is 0 Å². The third-order valence-electron chi connectivity index (χ3n) is 14.5. The molecule has 0 saturated heterocycles. The van der Waals surface area contributed by atoms with Gasteiger partial charge in [-0.25, -0.2) is 33.6 Å². The highest BCUT2D eigenvalue weighted by molar-refractivity contribution is 5.98. The lowest BCUT2D eigenvalue weighted by Crippen LogP contribution is -2.32. The van der Waals surface area contributed by atoms with E-state index in [4.69, 9.17) is 17.6 Å². The van der Waals surface area contributed by atoms with Crippen LogP contribution in [0.5, 0.6) is 0 Å². The number of aromatic amines is 1. The number of carbonyl (C=O) groups is 4. The van der Waals surface area contributed by atoms with Crippen LogP contribution in [-0.2, 0) is 32.4 Å². The number of nitrogens with one attached hydrogen (secondary N) is 5. The number of amides is 4. The van der Waals surface area contributed by atoms with Gasteiger partial charge in [0.15, 0.2) is 5.69 Å². The molecule has 422 valence electrons. The Hall–Kier alpha value is -9.70. The van der Waals surface area contributed by atoms with Gasteiger partial charge in [-0.2, -0.15) is 10.5 Å². The molecule has 8 aromatic rings. The molecule has 5 aromatic carbocycles. The van der Waals surface area contributed by atoms with Crippen LogP contribution in [0.4, 0.5) is 14.5 Å². The highest BCUT2D eigenvalue weighted by Gasteiger charge is 2.26. The number of H-pyrrole nitrogens is 1. The summed E-state index contributed by atoms with van der Waals surface area (Å²) < 4.78 is 26.9. The number of aromatic nitrogens is 8. The van der Waals surface area contributed by atoms with Crippen LogP contribution in [0.25, 0.3) is 16.2 Å². The second-order valence-electron chi connectivity index (χ2n) is 20.1. The lowest BCUT2D eigenvalue weighted by molar-refractivity contribution is 0.0915. The second kappa shape index (κ2) is 27.6. The lowest BCUT2D eigenvalue weighted by Gasteiger charge is -2.26. The van der Waals surface area contributed by atoms with Crippen molar-refractivity contribution in [3.63, 3.8) is 0 Å². The first kappa shape index (κ1) is 59.4. The molecule has 3 atom stereocenters. The maximum atomic E-state index is 13.5. The van der Waals surface area contributed by atoms with Crippen LogP contribution < -0.4 is 27.0 Å². The van der Waals surface area contributed by atoms with Crippen LogP contribution in [0.3, 0.4) is 0 Å². The van der Waals surface area contributed by atoms with Crippen molar-refractivity contribution in [2.75, 3.05) is 0 Å². The largest absolute Gasteiger partial charge is 0.347 e. The summed E-state index contributed by atoms with van der Waals surface area (Å²) in [4.78, 5) is 70.4. The first-order chi connectivity index (χ1) is 39.7. The summed E-state index contributed by atoms with van der Waals surface area (Å²) >= 11 is 0. The predicted molar refractivity (Wildman–Crippen MR) is 306 cm³/mol. The number of rotatable bonds is 11. The molecule has 4 amide bonds. The van der Waals surface area contributed by atoms with Gasteiger partial charge < -0.3 is 27.0 Å². The van der Waals surface area contributed by atoms with E-state index in [1.54, 1.807) is 44.2 Å². The van der Waals surface area contributed by atoms with Crippen LogP contribution in [0.1, 0.15) is 160 Å². The van der Waals surface area contributed by atoms with Gasteiger partial charge in [0.2, 0.25) is 5.82 Å². The molecule has 3 aliphatic carbocycles. The summed E-state index contributed by atoms with van der Waals surface area (Å²) in [6.45, 7) is 10.6. The van der Waals surface area contributed by atoms with Crippen molar-refractivity contribution in [1.82, 2.24) is 61.8 Å². The Morgan fingerprint density at radius 2 is 1.13 bits per heavy atom. The molecule has 0 saturated carbocycles. The summed E-state index contributed by atoms with van der Waals surface area (Å²) in [5, 5.41) is 34.7. The molecule has 3 aliphatic rings. The first-order valence-electron chi connectivity index (χ1n) is 26.7. The van der Waals surface area contributed by atoms with Crippen molar-refractivity contribution in [3.8, 4) is 17.5 Å². The first-order valence-corrected chi connectivity index (χ1v) is 26.7. The van der Waals surface area contributed by atoms with Gasteiger partial charge in [0.05, 0.1) is 30.3 Å². The maximum Gasteiger partial charge on any atom is 0.270 e. The summed E-state index contributed by atoms with van der Waals surface area (Å²) in [6.07, 6.45) is 10.8. The third-order valence-corrected chi connectivity index (χ3v) is 14.5.